The van der Waals surface area contributed by atoms with E-state index in [1.54, 1.807) is 0 Å². The molecule has 146 valence electrons. The topological polar surface area (TPSA) is 38.9 Å². The Morgan fingerprint density at radius 1 is 0.759 bits per heavy atom. The maximum Gasteiger partial charge on any atom is 0.159 e. The van der Waals surface area contributed by atoms with Crippen molar-refractivity contribution in [3.8, 4) is 17.2 Å². The van der Waals surface area contributed by atoms with Crippen molar-refractivity contribution in [1.82, 2.24) is 24.2 Å². The average molecular weight is 383 g/mol. The largest absolute Gasteiger partial charge is 0.325 e. The normalized spacial score (nSPS) is 14.5. The second kappa shape index (κ2) is 8.05. The van der Waals surface area contributed by atoms with E-state index in [9.17, 15) is 0 Å². The van der Waals surface area contributed by atoms with E-state index in [0.29, 0.717) is 0 Å². The third-order valence-electron chi connectivity index (χ3n) is 5.57. The molecular formula is C24H25N5. The highest BCUT2D eigenvalue weighted by Crippen LogP contribution is 2.22. The molecule has 0 bridgehead atoms. The summed E-state index contributed by atoms with van der Waals surface area (Å²) < 4.78 is 4.13. The fourth-order valence-corrected chi connectivity index (χ4v) is 4.06. The predicted octanol–water partition coefficient (Wildman–Crippen LogP) is 4.38. The Hall–Kier alpha value is -3.18. The van der Waals surface area contributed by atoms with Crippen LogP contribution in [0.3, 0.4) is 0 Å². The third-order valence-corrected chi connectivity index (χ3v) is 5.57. The zero-order chi connectivity index (χ0) is 19.5. The molecule has 1 aliphatic rings. The molecule has 0 unspecified atom stereocenters. The van der Waals surface area contributed by atoms with Crippen molar-refractivity contribution in [2.45, 2.75) is 25.9 Å². The highest BCUT2D eigenvalue weighted by Gasteiger charge is 2.14. The van der Waals surface area contributed by atoms with Gasteiger partial charge in [0.15, 0.2) is 5.82 Å². The molecule has 0 spiro atoms. The van der Waals surface area contributed by atoms with E-state index in [4.69, 9.17) is 0 Å². The van der Waals surface area contributed by atoms with Crippen LogP contribution >= 0.6 is 0 Å². The van der Waals surface area contributed by atoms with Gasteiger partial charge in [0.2, 0.25) is 0 Å². The van der Waals surface area contributed by atoms with Gasteiger partial charge in [0.25, 0.3) is 0 Å². The first-order chi connectivity index (χ1) is 14.4. The molecule has 1 fully saturated rings. The summed E-state index contributed by atoms with van der Waals surface area (Å²) in [5.74, 6) is 0.924. The minimum atomic E-state index is 0.791. The second-order valence-electron chi connectivity index (χ2n) is 7.64. The van der Waals surface area contributed by atoms with E-state index >= 15 is 0 Å². The van der Waals surface area contributed by atoms with Crippen LogP contribution in [-0.2, 0) is 13.1 Å². The van der Waals surface area contributed by atoms with Gasteiger partial charge in [-0.15, -0.1) is 0 Å². The number of para-hydroxylation sites is 1. The van der Waals surface area contributed by atoms with E-state index in [1.165, 1.54) is 37.1 Å². The molecule has 1 saturated heterocycles. The van der Waals surface area contributed by atoms with Gasteiger partial charge in [-0.2, -0.15) is 5.10 Å². The van der Waals surface area contributed by atoms with Gasteiger partial charge in [0, 0.05) is 25.5 Å². The molecule has 0 amide bonds. The molecule has 2 aromatic carbocycles. The molecule has 5 heteroatoms. The Labute approximate surface area is 171 Å². The molecule has 0 atom stereocenters. The Bertz CT molecular complexity index is 1060. The maximum atomic E-state index is 4.62. The van der Waals surface area contributed by atoms with Crippen LogP contribution in [0.25, 0.3) is 17.2 Å². The highest BCUT2D eigenvalue weighted by molar-refractivity contribution is 5.54. The van der Waals surface area contributed by atoms with Crippen LogP contribution in [0, 0.1) is 0 Å². The quantitative estimate of drug-likeness (QED) is 0.496. The molecule has 5 nitrogen and oxygen atoms in total. The minimum Gasteiger partial charge on any atom is -0.325 e. The van der Waals surface area contributed by atoms with Crippen LogP contribution in [0.5, 0.6) is 0 Å². The first-order valence-electron chi connectivity index (χ1n) is 10.3. The molecule has 29 heavy (non-hydrogen) atoms. The number of rotatable bonds is 6. The van der Waals surface area contributed by atoms with Crippen molar-refractivity contribution in [1.29, 1.82) is 0 Å². The summed E-state index contributed by atoms with van der Waals surface area (Å²) in [7, 11) is 0. The van der Waals surface area contributed by atoms with Crippen molar-refractivity contribution >= 4 is 0 Å². The number of benzene rings is 2. The fraction of sp³-hybridized carbons (Fsp3) is 0.250. The molecule has 4 aromatic rings. The van der Waals surface area contributed by atoms with Gasteiger partial charge in [-0.1, -0.05) is 42.5 Å². The Kier molecular flexibility index (Phi) is 4.97. The molecule has 0 N–H and O–H groups in total. The lowest BCUT2D eigenvalue weighted by atomic mass is 10.1. The summed E-state index contributed by atoms with van der Waals surface area (Å²) in [4.78, 5) is 7.16. The summed E-state index contributed by atoms with van der Waals surface area (Å²) in [6, 6.07) is 21.2. The molecule has 2 aromatic heterocycles. The Morgan fingerprint density at radius 2 is 1.48 bits per heavy atom. The zero-order valence-electron chi connectivity index (χ0n) is 16.5. The van der Waals surface area contributed by atoms with Gasteiger partial charge in [-0.25, -0.2) is 9.67 Å². The lowest BCUT2D eigenvalue weighted by Gasteiger charge is -2.15. The lowest BCUT2D eigenvalue weighted by molar-refractivity contribution is 0.331. The van der Waals surface area contributed by atoms with Crippen LogP contribution in [0.2, 0.25) is 0 Å². The smallest absolute Gasteiger partial charge is 0.159 e. The number of hydrogen-bond acceptors (Lipinski definition) is 3. The first-order valence-corrected chi connectivity index (χ1v) is 10.3. The van der Waals surface area contributed by atoms with Crippen molar-refractivity contribution in [2.24, 2.45) is 0 Å². The summed E-state index contributed by atoms with van der Waals surface area (Å²) in [6.07, 6.45) is 8.39. The van der Waals surface area contributed by atoms with Gasteiger partial charge < -0.3 is 4.57 Å². The molecular weight excluding hydrogens is 358 g/mol. The fourth-order valence-electron chi connectivity index (χ4n) is 4.06. The number of aromatic nitrogens is 4. The molecule has 1 aliphatic heterocycles. The molecule has 0 saturated carbocycles. The van der Waals surface area contributed by atoms with E-state index in [1.807, 2.05) is 47.5 Å². The highest BCUT2D eigenvalue weighted by atomic mass is 15.3. The van der Waals surface area contributed by atoms with Crippen LogP contribution < -0.4 is 0 Å². The van der Waals surface area contributed by atoms with Crippen LogP contribution in [-0.4, -0.2) is 37.3 Å². The Morgan fingerprint density at radius 3 is 2.24 bits per heavy atom. The molecule has 0 radical (unpaired) electrons. The van der Waals surface area contributed by atoms with Crippen LogP contribution in [0.1, 0.15) is 24.0 Å². The van der Waals surface area contributed by atoms with Crippen molar-refractivity contribution in [2.75, 3.05) is 13.1 Å². The second-order valence-corrected chi connectivity index (χ2v) is 7.64. The van der Waals surface area contributed by atoms with Crippen molar-refractivity contribution in [3.63, 3.8) is 0 Å². The summed E-state index contributed by atoms with van der Waals surface area (Å²) in [6.45, 7) is 4.32. The molecule has 0 aliphatic carbocycles. The number of imidazole rings is 1. The lowest BCUT2D eigenvalue weighted by Crippen LogP contribution is -2.18. The summed E-state index contributed by atoms with van der Waals surface area (Å²) in [5.41, 5.74) is 4.70. The number of nitrogens with zero attached hydrogens (tertiary/aromatic N) is 5. The maximum absolute atomic E-state index is 4.62. The van der Waals surface area contributed by atoms with Crippen molar-refractivity contribution < 1.29 is 0 Å². The molecule has 5 rings (SSSR count). The zero-order valence-corrected chi connectivity index (χ0v) is 16.5. The number of hydrogen-bond donors (Lipinski definition) is 0. The van der Waals surface area contributed by atoms with Crippen LogP contribution in [0.4, 0.5) is 0 Å². The first kappa shape index (κ1) is 17.9. The summed E-state index contributed by atoms with van der Waals surface area (Å²) in [5, 5.41) is 4.51. The standard InChI is InChI=1S/C24H25N5/c1-2-6-22(7-3-1)29-23(12-13-26-29)24-25-14-17-28(24)19-21-10-8-20(9-11-21)18-27-15-4-5-16-27/h1-3,6-14,17H,4-5,15-16,18-19H2. The van der Waals surface area contributed by atoms with Gasteiger partial charge in [-0.05, 0) is 55.3 Å². The predicted molar refractivity (Wildman–Crippen MR) is 115 cm³/mol. The minimum absolute atomic E-state index is 0.791. The SMILES string of the molecule is c1ccc(-n2nccc2-c2nccn2Cc2ccc(CN3CCCC3)cc2)cc1. The monoisotopic (exact) mass is 383 g/mol. The average Bonchev–Trinajstić information content (AvgIpc) is 3.52. The van der Waals surface area contributed by atoms with Crippen LogP contribution in [0.15, 0.2) is 79.3 Å². The number of likely N-dealkylation sites (tertiary alicyclic amines) is 1. The van der Waals surface area contributed by atoms with E-state index in [0.717, 1.165) is 30.3 Å². The van der Waals surface area contributed by atoms with Gasteiger partial charge in [0.1, 0.15) is 5.69 Å². The van der Waals surface area contributed by atoms with Crippen molar-refractivity contribution in [3.05, 3.63) is 90.4 Å². The molecule has 3 heterocycles. The van der Waals surface area contributed by atoms with E-state index in [2.05, 4.69) is 55.9 Å². The third kappa shape index (κ3) is 3.87. The summed E-state index contributed by atoms with van der Waals surface area (Å²) >= 11 is 0. The van der Waals surface area contributed by atoms with E-state index < -0.39 is 0 Å². The van der Waals surface area contributed by atoms with Gasteiger partial charge in [-0.3, -0.25) is 4.90 Å². The van der Waals surface area contributed by atoms with E-state index in [-0.39, 0.29) is 0 Å². The Balaban J connectivity index is 1.36. The van der Waals surface area contributed by atoms with Gasteiger partial charge >= 0.3 is 0 Å². The van der Waals surface area contributed by atoms with Gasteiger partial charge in [0.05, 0.1) is 11.9 Å².